The maximum Gasteiger partial charge on any atom is 0.323 e. The number of likely N-dealkylation sites (N-methyl/N-ethyl adjacent to an activating group) is 1. The fourth-order valence-electron chi connectivity index (χ4n) is 2.56. The molecule has 8 nitrogen and oxygen atoms in total. The van der Waals surface area contributed by atoms with Gasteiger partial charge in [0.25, 0.3) is 5.91 Å². The maximum atomic E-state index is 12.5. The van der Waals surface area contributed by atoms with Crippen LogP contribution in [0.2, 0.25) is 0 Å². The summed E-state index contributed by atoms with van der Waals surface area (Å²) < 4.78 is 10.8. The minimum absolute atomic E-state index is 0.0840. The highest BCUT2D eigenvalue weighted by Crippen LogP contribution is 2.28. The van der Waals surface area contributed by atoms with E-state index in [1.165, 1.54) is 14.2 Å². The fourth-order valence-corrected chi connectivity index (χ4v) is 2.56. The maximum absolute atomic E-state index is 12.5. The Hall–Kier alpha value is -2.77. The predicted octanol–water partition coefficient (Wildman–Crippen LogP) is 0.998. The number of carboxylic acids is 1. The molecule has 0 bridgehead atoms. The Morgan fingerprint density at radius 3 is 2.38 bits per heavy atom. The predicted molar refractivity (Wildman–Crippen MR) is 93.1 cm³/mol. The third-order valence-corrected chi connectivity index (χ3v) is 4.09. The number of carbonyl (C=O) groups excluding carboxylic acids is 2. The quantitative estimate of drug-likeness (QED) is 0.665. The summed E-state index contributed by atoms with van der Waals surface area (Å²) >= 11 is 0. The number of rotatable bonds is 10. The Labute approximate surface area is 152 Å². The van der Waals surface area contributed by atoms with Crippen LogP contribution in [0.1, 0.15) is 19.3 Å². The first-order valence-corrected chi connectivity index (χ1v) is 8.43. The van der Waals surface area contributed by atoms with Crippen molar-refractivity contribution < 1.29 is 29.0 Å². The highest BCUT2D eigenvalue weighted by atomic mass is 16.5. The lowest BCUT2D eigenvalue weighted by atomic mass is 10.3. The topological polar surface area (TPSA) is 96.4 Å². The van der Waals surface area contributed by atoms with E-state index in [2.05, 4.69) is 0 Å². The third-order valence-electron chi connectivity index (χ3n) is 4.09. The smallest absolute Gasteiger partial charge is 0.323 e. The molecule has 1 aliphatic rings. The second-order valence-electron chi connectivity index (χ2n) is 6.15. The minimum Gasteiger partial charge on any atom is -0.493 e. The lowest BCUT2D eigenvalue weighted by Crippen LogP contribution is -2.40. The highest BCUT2D eigenvalue weighted by molar-refractivity contribution is 5.82. The van der Waals surface area contributed by atoms with Crippen LogP contribution in [0.3, 0.4) is 0 Å². The van der Waals surface area contributed by atoms with Gasteiger partial charge in [0.05, 0.1) is 7.11 Å². The first-order valence-electron chi connectivity index (χ1n) is 8.43. The lowest BCUT2D eigenvalue weighted by molar-refractivity contribution is -0.144. The lowest BCUT2D eigenvalue weighted by Gasteiger charge is -2.24. The second kappa shape index (κ2) is 9.07. The molecule has 1 fully saturated rings. The summed E-state index contributed by atoms with van der Waals surface area (Å²) in [5.41, 5.74) is 0. The van der Waals surface area contributed by atoms with E-state index in [4.69, 9.17) is 14.6 Å². The number of benzene rings is 1. The van der Waals surface area contributed by atoms with Crippen molar-refractivity contribution in [2.75, 3.05) is 33.9 Å². The molecule has 0 aliphatic heterocycles. The Bertz CT molecular complexity index is 659. The van der Waals surface area contributed by atoms with Crippen molar-refractivity contribution in [1.29, 1.82) is 0 Å². The van der Waals surface area contributed by atoms with Gasteiger partial charge in [-0.3, -0.25) is 14.4 Å². The monoisotopic (exact) mass is 364 g/mol. The van der Waals surface area contributed by atoms with Crippen LogP contribution in [0.15, 0.2) is 24.3 Å². The van der Waals surface area contributed by atoms with Gasteiger partial charge in [0, 0.05) is 26.1 Å². The Morgan fingerprint density at radius 1 is 1.15 bits per heavy atom. The number of ether oxygens (including phenoxy) is 2. The van der Waals surface area contributed by atoms with Gasteiger partial charge in [0.2, 0.25) is 5.91 Å². The highest BCUT2D eigenvalue weighted by Gasteiger charge is 2.33. The third kappa shape index (κ3) is 5.65. The van der Waals surface area contributed by atoms with E-state index in [-0.39, 0.29) is 44.0 Å². The SMILES string of the molecule is COc1ccccc1OCC(=O)N(CCC(=O)N(C)CC(=O)O)C1CC1. The van der Waals surface area contributed by atoms with Crippen LogP contribution in [-0.2, 0) is 14.4 Å². The zero-order valence-corrected chi connectivity index (χ0v) is 15.0. The molecular weight excluding hydrogens is 340 g/mol. The van der Waals surface area contributed by atoms with E-state index >= 15 is 0 Å². The molecule has 1 N–H and O–H groups in total. The summed E-state index contributed by atoms with van der Waals surface area (Å²) in [6, 6.07) is 7.19. The molecule has 0 aromatic heterocycles. The summed E-state index contributed by atoms with van der Waals surface area (Å²) in [5.74, 6) is -0.551. The average molecular weight is 364 g/mol. The number of amides is 2. The molecule has 0 atom stereocenters. The minimum atomic E-state index is -1.07. The summed E-state index contributed by atoms with van der Waals surface area (Å²) in [4.78, 5) is 37.9. The molecule has 0 radical (unpaired) electrons. The molecular formula is C18H24N2O6. The van der Waals surface area contributed by atoms with Crippen LogP contribution < -0.4 is 9.47 Å². The van der Waals surface area contributed by atoms with Gasteiger partial charge in [-0.25, -0.2) is 0 Å². The Morgan fingerprint density at radius 2 is 1.81 bits per heavy atom. The van der Waals surface area contributed by atoms with Crippen molar-refractivity contribution in [3.8, 4) is 11.5 Å². The van der Waals surface area contributed by atoms with Crippen LogP contribution in [0.25, 0.3) is 0 Å². The standard InChI is InChI=1S/C18H24N2O6/c1-19(11-18(23)24)16(21)9-10-20(13-7-8-13)17(22)12-26-15-6-4-3-5-14(15)25-2/h3-6,13H,7-12H2,1-2H3,(H,23,24). The van der Waals surface area contributed by atoms with E-state index in [0.717, 1.165) is 17.7 Å². The number of carbonyl (C=O) groups is 3. The number of carboxylic acid groups (broad SMARTS) is 1. The Balaban J connectivity index is 1.87. The van der Waals surface area contributed by atoms with Gasteiger partial charge >= 0.3 is 5.97 Å². The number of para-hydroxylation sites is 2. The molecule has 0 unspecified atom stereocenters. The molecule has 1 aromatic rings. The van der Waals surface area contributed by atoms with Crippen molar-refractivity contribution in [1.82, 2.24) is 9.80 Å². The molecule has 8 heteroatoms. The first kappa shape index (κ1) is 19.6. The van der Waals surface area contributed by atoms with E-state index in [1.807, 2.05) is 6.07 Å². The molecule has 0 heterocycles. The zero-order valence-electron chi connectivity index (χ0n) is 15.0. The van der Waals surface area contributed by atoms with E-state index < -0.39 is 5.97 Å². The molecule has 142 valence electrons. The van der Waals surface area contributed by atoms with Crippen molar-refractivity contribution in [2.45, 2.75) is 25.3 Å². The van der Waals surface area contributed by atoms with Gasteiger partial charge in [-0.05, 0) is 25.0 Å². The fraction of sp³-hybridized carbons (Fsp3) is 0.500. The van der Waals surface area contributed by atoms with Crippen LogP contribution in [0.5, 0.6) is 11.5 Å². The molecule has 1 aromatic carbocycles. The van der Waals surface area contributed by atoms with Gasteiger partial charge in [-0.1, -0.05) is 12.1 Å². The number of aliphatic carboxylic acids is 1. The summed E-state index contributed by atoms with van der Waals surface area (Å²) in [5, 5.41) is 8.73. The number of nitrogens with zero attached hydrogens (tertiary/aromatic N) is 2. The van der Waals surface area contributed by atoms with E-state index in [1.54, 1.807) is 23.1 Å². The Kier molecular flexibility index (Phi) is 6.82. The van der Waals surface area contributed by atoms with E-state index in [9.17, 15) is 14.4 Å². The summed E-state index contributed by atoms with van der Waals surface area (Å²) in [6.07, 6.45) is 1.89. The first-order chi connectivity index (χ1) is 12.4. The van der Waals surface area contributed by atoms with Crippen molar-refractivity contribution in [3.05, 3.63) is 24.3 Å². The largest absolute Gasteiger partial charge is 0.493 e. The molecule has 2 amide bonds. The van der Waals surface area contributed by atoms with Gasteiger partial charge in [0.1, 0.15) is 6.54 Å². The molecule has 26 heavy (non-hydrogen) atoms. The average Bonchev–Trinajstić information content (AvgIpc) is 3.44. The zero-order chi connectivity index (χ0) is 19.1. The molecule has 1 saturated carbocycles. The van der Waals surface area contributed by atoms with Gasteiger partial charge in [0.15, 0.2) is 18.1 Å². The summed E-state index contributed by atoms with van der Waals surface area (Å²) in [6.45, 7) is -0.245. The van der Waals surface area contributed by atoms with Gasteiger partial charge in [-0.15, -0.1) is 0 Å². The number of hydrogen-bond acceptors (Lipinski definition) is 5. The van der Waals surface area contributed by atoms with Gasteiger partial charge < -0.3 is 24.4 Å². The second-order valence-corrected chi connectivity index (χ2v) is 6.15. The summed E-state index contributed by atoms with van der Waals surface area (Å²) in [7, 11) is 2.96. The van der Waals surface area contributed by atoms with Crippen LogP contribution >= 0.6 is 0 Å². The van der Waals surface area contributed by atoms with Crippen LogP contribution in [0.4, 0.5) is 0 Å². The number of hydrogen-bond donors (Lipinski definition) is 1. The van der Waals surface area contributed by atoms with Gasteiger partial charge in [-0.2, -0.15) is 0 Å². The van der Waals surface area contributed by atoms with E-state index in [0.29, 0.717) is 11.5 Å². The van der Waals surface area contributed by atoms with Crippen molar-refractivity contribution in [2.24, 2.45) is 0 Å². The molecule has 1 aliphatic carbocycles. The molecule has 0 saturated heterocycles. The number of methoxy groups -OCH3 is 1. The molecule has 0 spiro atoms. The van der Waals surface area contributed by atoms with Crippen molar-refractivity contribution in [3.63, 3.8) is 0 Å². The van der Waals surface area contributed by atoms with Crippen LogP contribution in [-0.4, -0.2) is 72.6 Å². The normalized spacial score (nSPS) is 13.0. The molecule has 2 rings (SSSR count). The van der Waals surface area contributed by atoms with Crippen molar-refractivity contribution >= 4 is 17.8 Å². The van der Waals surface area contributed by atoms with Crippen LogP contribution in [0, 0.1) is 0 Å².